The number of halogens is 1. The van der Waals surface area contributed by atoms with Gasteiger partial charge in [-0.25, -0.2) is 10.4 Å². The highest BCUT2D eigenvalue weighted by atomic mass is 35.5. The molecular weight excluding hydrogens is 396 g/mol. The van der Waals surface area contributed by atoms with Crippen molar-refractivity contribution in [1.29, 1.82) is 0 Å². The van der Waals surface area contributed by atoms with Gasteiger partial charge in [-0.2, -0.15) is 5.10 Å². The van der Waals surface area contributed by atoms with Gasteiger partial charge in [0.1, 0.15) is 11.3 Å². The highest BCUT2D eigenvalue weighted by molar-refractivity contribution is 6.32. The molecule has 0 unspecified atom stereocenters. The molecule has 0 atom stereocenters. The largest absolute Gasteiger partial charge is 0.456 e. The van der Waals surface area contributed by atoms with E-state index in [0.29, 0.717) is 16.3 Å². The van der Waals surface area contributed by atoms with Crippen LogP contribution in [-0.2, 0) is 0 Å². The lowest BCUT2D eigenvalue weighted by atomic mass is 10.1. The zero-order valence-corrected chi connectivity index (χ0v) is 17.3. The van der Waals surface area contributed by atoms with Crippen LogP contribution in [0.4, 0.5) is 5.95 Å². The van der Waals surface area contributed by atoms with Crippen LogP contribution >= 0.6 is 11.6 Å². The van der Waals surface area contributed by atoms with Crippen LogP contribution in [0.3, 0.4) is 0 Å². The van der Waals surface area contributed by atoms with Gasteiger partial charge < -0.3 is 9.40 Å². The average molecular weight is 415 g/mol. The molecule has 30 heavy (non-hydrogen) atoms. The van der Waals surface area contributed by atoms with E-state index in [1.807, 2.05) is 61.5 Å². The molecule has 2 heterocycles. The van der Waals surface area contributed by atoms with E-state index in [1.54, 1.807) is 0 Å². The molecule has 0 aliphatic rings. The monoisotopic (exact) mass is 414 g/mol. The van der Waals surface area contributed by atoms with Crippen LogP contribution in [0.25, 0.3) is 33.3 Å². The van der Waals surface area contributed by atoms with Crippen molar-refractivity contribution in [3.8, 4) is 11.3 Å². The van der Waals surface area contributed by atoms with Crippen LogP contribution < -0.4 is 10.8 Å². The quantitative estimate of drug-likeness (QED) is 0.347. The maximum Gasteiger partial charge on any atom is 0.222 e. The fourth-order valence-electron chi connectivity index (χ4n) is 3.36. The Labute approximate surface area is 178 Å². The molecule has 5 nitrogen and oxygen atoms in total. The van der Waals surface area contributed by atoms with Crippen molar-refractivity contribution in [3.63, 3.8) is 0 Å². The minimum atomic E-state index is 0.570. The zero-order valence-electron chi connectivity index (χ0n) is 16.5. The van der Waals surface area contributed by atoms with Crippen molar-refractivity contribution < 1.29 is 4.42 Å². The number of hydrogen-bond donors (Lipinski definition) is 2. The van der Waals surface area contributed by atoms with Crippen LogP contribution in [-0.4, -0.2) is 9.97 Å². The van der Waals surface area contributed by atoms with E-state index in [1.165, 1.54) is 5.56 Å². The van der Waals surface area contributed by atoms with E-state index in [-0.39, 0.29) is 0 Å². The maximum atomic E-state index is 6.38. The van der Waals surface area contributed by atoms with Crippen molar-refractivity contribution in [2.45, 2.75) is 13.8 Å². The Bertz CT molecular complexity index is 1420. The molecule has 0 amide bonds. The summed E-state index contributed by atoms with van der Waals surface area (Å²) in [4.78, 5) is 7.74. The predicted molar refractivity (Wildman–Crippen MR) is 121 cm³/mol. The standard InChI is InChI=1S/C24H19ClN4O/c1-14-7-9-16(10-8-14)22-13-21(17-12-18(25)15(2)11-23(17)30-22)28-29-24-26-19-5-3-4-6-20(19)27-24/h3-13H,1-2H3,(H2,26,27,29). The number of fused-ring (bicyclic) bond motifs is 2. The van der Waals surface area contributed by atoms with Gasteiger partial charge in [-0.15, -0.1) is 0 Å². The molecule has 3 aromatic carbocycles. The summed E-state index contributed by atoms with van der Waals surface area (Å²) in [5.74, 6) is 1.30. The number of aromatic amines is 1. The number of benzene rings is 3. The Balaban J connectivity index is 1.66. The normalized spacial score (nSPS) is 12.0. The van der Waals surface area contributed by atoms with Crippen LogP contribution in [0.1, 0.15) is 11.1 Å². The van der Waals surface area contributed by atoms with Crippen molar-refractivity contribution >= 4 is 39.6 Å². The van der Waals surface area contributed by atoms with Crippen molar-refractivity contribution in [1.82, 2.24) is 9.97 Å². The number of nitrogens with one attached hydrogen (secondary N) is 2. The second-order valence-corrected chi connectivity index (χ2v) is 7.69. The van der Waals surface area contributed by atoms with E-state index in [0.717, 1.165) is 38.9 Å². The molecule has 2 N–H and O–H groups in total. The number of rotatable bonds is 3. The first kappa shape index (κ1) is 18.5. The molecule has 0 radical (unpaired) electrons. The lowest BCUT2D eigenvalue weighted by Gasteiger charge is -2.07. The topological polar surface area (TPSA) is 66.2 Å². The van der Waals surface area contributed by atoms with Gasteiger partial charge in [0.05, 0.1) is 16.4 Å². The number of anilines is 1. The minimum absolute atomic E-state index is 0.570. The lowest BCUT2D eigenvalue weighted by molar-refractivity contribution is 0.618. The SMILES string of the molecule is Cc1ccc(-c2cc(=NNc3nc4ccccc4[nH]3)c3cc(Cl)c(C)cc3o2)cc1. The molecule has 0 spiro atoms. The number of aromatic nitrogens is 2. The van der Waals surface area contributed by atoms with E-state index in [2.05, 4.69) is 39.6 Å². The molecule has 0 fully saturated rings. The first-order chi connectivity index (χ1) is 14.6. The van der Waals surface area contributed by atoms with Gasteiger partial charge in [0.15, 0.2) is 0 Å². The van der Waals surface area contributed by atoms with Gasteiger partial charge in [0, 0.05) is 22.0 Å². The first-order valence-corrected chi connectivity index (χ1v) is 10.0. The zero-order chi connectivity index (χ0) is 20.7. The van der Waals surface area contributed by atoms with Gasteiger partial charge in [-0.1, -0.05) is 53.6 Å². The van der Waals surface area contributed by atoms with E-state index >= 15 is 0 Å². The highest BCUT2D eigenvalue weighted by Gasteiger charge is 2.09. The summed E-state index contributed by atoms with van der Waals surface area (Å²) in [6.07, 6.45) is 0. The summed E-state index contributed by atoms with van der Waals surface area (Å²) in [5.41, 5.74) is 8.71. The Morgan fingerprint density at radius 1 is 1.00 bits per heavy atom. The fourth-order valence-corrected chi connectivity index (χ4v) is 3.52. The maximum absolute atomic E-state index is 6.38. The van der Waals surface area contributed by atoms with Gasteiger partial charge in [-0.3, -0.25) is 0 Å². The van der Waals surface area contributed by atoms with Gasteiger partial charge in [-0.05, 0) is 43.7 Å². The molecule has 0 bridgehead atoms. The van der Waals surface area contributed by atoms with Gasteiger partial charge in [0.2, 0.25) is 5.95 Å². The third-order valence-electron chi connectivity index (χ3n) is 5.03. The molecule has 0 saturated heterocycles. The molecule has 5 aromatic rings. The van der Waals surface area contributed by atoms with E-state index in [9.17, 15) is 0 Å². The lowest BCUT2D eigenvalue weighted by Crippen LogP contribution is -2.08. The molecule has 0 saturated carbocycles. The third-order valence-corrected chi connectivity index (χ3v) is 5.44. The smallest absolute Gasteiger partial charge is 0.222 e. The minimum Gasteiger partial charge on any atom is -0.456 e. The van der Waals surface area contributed by atoms with Crippen LogP contribution in [0.2, 0.25) is 5.02 Å². The number of nitrogens with zero attached hydrogens (tertiary/aromatic N) is 2. The second-order valence-electron chi connectivity index (χ2n) is 7.29. The third kappa shape index (κ3) is 3.44. The predicted octanol–water partition coefficient (Wildman–Crippen LogP) is 6.17. The van der Waals surface area contributed by atoms with E-state index in [4.69, 9.17) is 16.0 Å². The molecule has 0 aliphatic heterocycles. The van der Waals surface area contributed by atoms with E-state index < -0.39 is 0 Å². The Morgan fingerprint density at radius 3 is 2.60 bits per heavy atom. The van der Waals surface area contributed by atoms with Crippen LogP contribution in [0, 0.1) is 13.8 Å². The number of H-pyrrole nitrogens is 1. The number of para-hydroxylation sites is 2. The fraction of sp³-hybridized carbons (Fsp3) is 0.0833. The van der Waals surface area contributed by atoms with Gasteiger partial charge in [0.25, 0.3) is 0 Å². The summed E-state index contributed by atoms with van der Waals surface area (Å²) >= 11 is 6.38. The molecule has 2 aromatic heterocycles. The molecular formula is C24H19ClN4O. The summed E-state index contributed by atoms with van der Waals surface area (Å²) < 4.78 is 6.19. The summed E-state index contributed by atoms with van der Waals surface area (Å²) in [6.45, 7) is 4.02. The molecule has 0 aliphatic carbocycles. The summed E-state index contributed by atoms with van der Waals surface area (Å²) in [5, 5.41) is 6.82. The van der Waals surface area contributed by atoms with Crippen LogP contribution in [0.5, 0.6) is 0 Å². The number of hydrogen-bond acceptors (Lipinski definition) is 4. The summed E-state index contributed by atoms with van der Waals surface area (Å²) in [6, 6.07) is 21.8. The van der Waals surface area contributed by atoms with Crippen LogP contribution in [0.15, 0.2) is 76.2 Å². The molecule has 148 valence electrons. The first-order valence-electron chi connectivity index (χ1n) is 9.62. The van der Waals surface area contributed by atoms with Crippen molar-refractivity contribution in [3.05, 3.63) is 88.2 Å². The Hall–Kier alpha value is -3.57. The van der Waals surface area contributed by atoms with Crippen molar-refractivity contribution in [2.75, 3.05) is 5.43 Å². The number of imidazole rings is 1. The van der Waals surface area contributed by atoms with Gasteiger partial charge >= 0.3 is 0 Å². The Kier molecular flexibility index (Phi) is 4.52. The Morgan fingerprint density at radius 2 is 1.80 bits per heavy atom. The summed E-state index contributed by atoms with van der Waals surface area (Å²) in [7, 11) is 0. The second kappa shape index (κ2) is 7.35. The number of aryl methyl sites for hydroxylation is 2. The molecule has 6 heteroatoms. The van der Waals surface area contributed by atoms with Crippen molar-refractivity contribution in [2.24, 2.45) is 5.10 Å². The average Bonchev–Trinajstić information content (AvgIpc) is 3.16. The highest BCUT2D eigenvalue weighted by Crippen LogP contribution is 2.26. The molecule has 5 rings (SSSR count).